The van der Waals surface area contributed by atoms with Crippen molar-refractivity contribution >= 4 is 5.91 Å². The number of carbonyl (C=O) groups is 1. The molecule has 1 amide bonds. The first-order valence-corrected chi connectivity index (χ1v) is 7.13. The second kappa shape index (κ2) is 5.60. The first-order valence-electron chi connectivity index (χ1n) is 7.13. The molecule has 2 fully saturated rings. The van der Waals surface area contributed by atoms with Gasteiger partial charge in [0.05, 0.1) is 6.54 Å². The molecule has 114 valence electrons. The quantitative estimate of drug-likeness (QED) is 0.907. The van der Waals surface area contributed by atoms with Crippen molar-refractivity contribution in [2.45, 2.75) is 26.1 Å². The Labute approximate surface area is 122 Å². The van der Waals surface area contributed by atoms with Gasteiger partial charge in [-0.1, -0.05) is 25.1 Å². The number of rotatable bonds is 5. The maximum atomic E-state index is 12.5. The third-order valence-corrected chi connectivity index (χ3v) is 4.22. The van der Waals surface area contributed by atoms with Gasteiger partial charge in [-0.15, -0.1) is 0 Å². The molecule has 1 aromatic rings. The van der Waals surface area contributed by atoms with E-state index in [-0.39, 0.29) is 24.4 Å². The van der Waals surface area contributed by atoms with Crippen LogP contribution in [0.5, 0.6) is 5.75 Å². The SMILES string of the molecule is CC1CC1CN1C(=O)CNC1c1ccccc1OC(F)F. The Morgan fingerprint density at radius 1 is 1.43 bits per heavy atom. The fourth-order valence-corrected chi connectivity index (χ4v) is 2.84. The minimum Gasteiger partial charge on any atom is -0.434 e. The first-order chi connectivity index (χ1) is 10.1. The van der Waals surface area contributed by atoms with E-state index in [0.29, 0.717) is 23.9 Å². The second-order valence-corrected chi connectivity index (χ2v) is 5.72. The monoisotopic (exact) mass is 296 g/mol. The van der Waals surface area contributed by atoms with E-state index >= 15 is 0 Å². The molecule has 3 atom stereocenters. The molecule has 3 unspecified atom stereocenters. The molecular weight excluding hydrogens is 278 g/mol. The van der Waals surface area contributed by atoms with Crippen LogP contribution in [0.25, 0.3) is 0 Å². The van der Waals surface area contributed by atoms with E-state index in [1.807, 2.05) is 0 Å². The zero-order valence-electron chi connectivity index (χ0n) is 11.8. The molecule has 1 saturated carbocycles. The summed E-state index contributed by atoms with van der Waals surface area (Å²) in [4.78, 5) is 13.8. The topological polar surface area (TPSA) is 41.6 Å². The number of amides is 1. The zero-order valence-corrected chi connectivity index (χ0v) is 11.8. The summed E-state index contributed by atoms with van der Waals surface area (Å²) in [6.45, 7) is 0.178. The maximum Gasteiger partial charge on any atom is 0.387 e. The lowest BCUT2D eigenvalue weighted by atomic mass is 10.1. The van der Waals surface area contributed by atoms with Crippen molar-refractivity contribution in [3.63, 3.8) is 0 Å². The van der Waals surface area contributed by atoms with Gasteiger partial charge in [0.2, 0.25) is 5.91 Å². The van der Waals surface area contributed by atoms with Crippen LogP contribution in [0.3, 0.4) is 0 Å². The maximum absolute atomic E-state index is 12.5. The van der Waals surface area contributed by atoms with E-state index in [4.69, 9.17) is 0 Å². The van der Waals surface area contributed by atoms with Crippen molar-refractivity contribution in [2.75, 3.05) is 13.1 Å². The summed E-state index contributed by atoms with van der Waals surface area (Å²) in [6.07, 6.45) is 0.728. The van der Waals surface area contributed by atoms with Crippen molar-refractivity contribution in [1.82, 2.24) is 10.2 Å². The summed E-state index contributed by atoms with van der Waals surface area (Å²) in [6, 6.07) is 6.63. The molecule has 1 saturated heterocycles. The standard InChI is InChI=1S/C15H18F2N2O2/c1-9-6-10(9)8-19-13(20)7-18-14(19)11-4-2-3-5-12(11)21-15(16)17/h2-5,9-10,14-15,18H,6-8H2,1H3. The summed E-state index contributed by atoms with van der Waals surface area (Å²) in [5, 5.41) is 3.09. The summed E-state index contributed by atoms with van der Waals surface area (Å²) in [5.74, 6) is 1.27. The predicted molar refractivity (Wildman–Crippen MR) is 72.8 cm³/mol. The van der Waals surface area contributed by atoms with E-state index in [2.05, 4.69) is 17.0 Å². The molecule has 1 heterocycles. The molecular formula is C15H18F2N2O2. The Balaban J connectivity index is 1.82. The van der Waals surface area contributed by atoms with Crippen LogP contribution >= 0.6 is 0 Å². The lowest BCUT2D eigenvalue weighted by molar-refractivity contribution is -0.128. The Hall–Kier alpha value is -1.69. The molecule has 1 aliphatic heterocycles. The number of hydrogen-bond donors (Lipinski definition) is 1. The highest BCUT2D eigenvalue weighted by Crippen LogP contribution is 2.41. The van der Waals surface area contributed by atoms with Crippen molar-refractivity contribution in [1.29, 1.82) is 0 Å². The van der Waals surface area contributed by atoms with Crippen molar-refractivity contribution in [3.05, 3.63) is 29.8 Å². The molecule has 21 heavy (non-hydrogen) atoms. The average molecular weight is 296 g/mol. The second-order valence-electron chi connectivity index (χ2n) is 5.72. The van der Waals surface area contributed by atoms with Gasteiger partial charge in [-0.05, 0) is 24.3 Å². The van der Waals surface area contributed by atoms with E-state index in [9.17, 15) is 13.6 Å². The molecule has 4 nitrogen and oxygen atoms in total. The number of para-hydroxylation sites is 1. The first kappa shape index (κ1) is 14.3. The fourth-order valence-electron chi connectivity index (χ4n) is 2.84. The lowest BCUT2D eigenvalue weighted by Gasteiger charge is -2.26. The largest absolute Gasteiger partial charge is 0.434 e. The predicted octanol–water partition coefficient (Wildman–Crippen LogP) is 2.37. The van der Waals surface area contributed by atoms with E-state index in [0.717, 1.165) is 6.42 Å². The highest BCUT2D eigenvalue weighted by Gasteiger charge is 2.40. The lowest BCUT2D eigenvalue weighted by Crippen LogP contribution is -2.32. The highest BCUT2D eigenvalue weighted by molar-refractivity contribution is 5.81. The van der Waals surface area contributed by atoms with E-state index in [1.165, 1.54) is 6.07 Å². The molecule has 3 rings (SSSR count). The molecule has 6 heteroatoms. The van der Waals surface area contributed by atoms with E-state index in [1.54, 1.807) is 23.1 Å². The summed E-state index contributed by atoms with van der Waals surface area (Å²) in [5.41, 5.74) is 0.581. The Morgan fingerprint density at radius 3 is 2.81 bits per heavy atom. The summed E-state index contributed by atoms with van der Waals surface area (Å²) in [7, 11) is 0. The fraction of sp³-hybridized carbons (Fsp3) is 0.533. The number of carbonyl (C=O) groups excluding carboxylic acids is 1. The normalized spacial score (nSPS) is 28.3. The Kier molecular flexibility index (Phi) is 3.80. The van der Waals surface area contributed by atoms with Gasteiger partial charge in [0, 0.05) is 12.1 Å². The van der Waals surface area contributed by atoms with Crippen LogP contribution in [0.4, 0.5) is 8.78 Å². The third-order valence-electron chi connectivity index (χ3n) is 4.22. The summed E-state index contributed by atoms with van der Waals surface area (Å²) < 4.78 is 29.6. The number of nitrogens with zero attached hydrogens (tertiary/aromatic N) is 1. The van der Waals surface area contributed by atoms with Crippen LogP contribution in [0.2, 0.25) is 0 Å². The molecule has 1 aliphatic carbocycles. The molecule has 0 radical (unpaired) electrons. The number of benzene rings is 1. The smallest absolute Gasteiger partial charge is 0.387 e. The number of ether oxygens (including phenoxy) is 1. The van der Waals surface area contributed by atoms with Crippen LogP contribution in [0.1, 0.15) is 25.1 Å². The molecule has 1 aromatic carbocycles. The van der Waals surface area contributed by atoms with Gasteiger partial charge < -0.3 is 9.64 Å². The minimum atomic E-state index is -2.87. The van der Waals surface area contributed by atoms with Crippen molar-refractivity contribution in [3.8, 4) is 5.75 Å². The zero-order chi connectivity index (χ0) is 15.0. The number of alkyl halides is 2. The molecule has 1 N–H and O–H groups in total. The Bertz CT molecular complexity index is 538. The van der Waals surface area contributed by atoms with Crippen LogP contribution in [0, 0.1) is 11.8 Å². The number of nitrogens with one attached hydrogen (secondary N) is 1. The van der Waals surface area contributed by atoms with Gasteiger partial charge in [-0.3, -0.25) is 10.1 Å². The van der Waals surface area contributed by atoms with Crippen molar-refractivity contribution < 1.29 is 18.3 Å². The van der Waals surface area contributed by atoms with E-state index < -0.39 is 6.61 Å². The number of hydrogen-bond acceptors (Lipinski definition) is 3. The highest BCUT2D eigenvalue weighted by atomic mass is 19.3. The molecule has 0 spiro atoms. The van der Waals surface area contributed by atoms with Gasteiger partial charge in [0.25, 0.3) is 0 Å². The van der Waals surface area contributed by atoms with Crippen LogP contribution < -0.4 is 10.1 Å². The van der Waals surface area contributed by atoms with Gasteiger partial charge in [-0.2, -0.15) is 8.78 Å². The Morgan fingerprint density at radius 2 is 2.14 bits per heavy atom. The molecule has 0 aromatic heterocycles. The van der Waals surface area contributed by atoms with Crippen LogP contribution in [-0.2, 0) is 4.79 Å². The minimum absolute atomic E-state index is 0.00551. The average Bonchev–Trinajstić information content (AvgIpc) is 3.01. The van der Waals surface area contributed by atoms with Gasteiger partial charge >= 0.3 is 6.61 Å². The molecule has 2 aliphatic rings. The number of halogens is 2. The van der Waals surface area contributed by atoms with Crippen LogP contribution in [-0.4, -0.2) is 30.5 Å². The van der Waals surface area contributed by atoms with Crippen LogP contribution in [0.15, 0.2) is 24.3 Å². The third kappa shape index (κ3) is 3.00. The molecule has 0 bridgehead atoms. The van der Waals surface area contributed by atoms with Gasteiger partial charge in [0.1, 0.15) is 11.9 Å². The summed E-state index contributed by atoms with van der Waals surface area (Å²) >= 11 is 0. The van der Waals surface area contributed by atoms with Crippen molar-refractivity contribution in [2.24, 2.45) is 11.8 Å². The van der Waals surface area contributed by atoms with Gasteiger partial charge in [-0.25, -0.2) is 0 Å². The van der Waals surface area contributed by atoms with Gasteiger partial charge in [0.15, 0.2) is 0 Å².